The van der Waals surface area contributed by atoms with Crippen molar-refractivity contribution < 1.29 is 14.2 Å². The Labute approximate surface area is 124 Å². The molecule has 0 heterocycles. The molecule has 0 saturated carbocycles. The summed E-state index contributed by atoms with van der Waals surface area (Å²) in [6.45, 7) is 0.833. The molecule has 0 saturated heterocycles. The quantitative estimate of drug-likeness (QED) is 0.854. The number of ether oxygens (including phenoxy) is 1. The third-order valence-corrected chi connectivity index (χ3v) is 2.81. The highest BCUT2D eigenvalue weighted by atomic mass is 19.1. The van der Waals surface area contributed by atoms with Crippen molar-refractivity contribution in [3.63, 3.8) is 0 Å². The first kappa shape index (κ1) is 15.2. The molecule has 1 N–H and O–H groups in total. The van der Waals surface area contributed by atoms with Crippen LogP contribution in [0.15, 0.2) is 48.5 Å². The molecule has 0 bridgehead atoms. The number of hydrogen-bond acceptors (Lipinski definition) is 2. The highest BCUT2D eigenvalue weighted by Gasteiger charge is 2.00. The Kier molecular flexibility index (Phi) is 5.96. The molecule has 2 nitrogen and oxygen atoms in total. The fourth-order valence-corrected chi connectivity index (χ4v) is 1.89. The van der Waals surface area contributed by atoms with Crippen LogP contribution in [0.3, 0.4) is 0 Å². The van der Waals surface area contributed by atoms with Crippen molar-refractivity contribution in [1.29, 1.82) is 0 Å². The van der Waals surface area contributed by atoms with E-state index in [1.54, 1.807) is 6.07 Å². The second-order valence-electron chi connectivity index (χ2n) is 4.60. The van der Waals surface area contributed by atoms with Crippen LogP contribution in [0.2, 0.25) is 0 Å². The monoisotopic (exact) mass is 284 g/mol. The Morgan fingerprint density at radius 3 is 2.52 bits per heavy atom. The van der Waals surface area contributed by atoms with Crippen LogP contribution in [0.4, 0.5) is 4.39 Å². The summed E-state index contributed by atoms with van der Waals surface area (Å²) >= 11 is 0. The van der Waals surface area contributed by atoms with Crippen LogP contribution in [-0.4, -0.2) is 11.7 Å². The van der Waals surface area contributed by atoms with Crippen LogP contribution < -0.4 is 0 Å². The predicted molar refractivity (Wildman–Crippen MR) is 79.9 cm³/mol. The molecule has 0 amide bonds. The van der Waals surface area contributed by atoms with Crippen molar-refractivity contribution in [2.24, 2.45) is 0 Å². The first-order chi connectivity index (χ1) is 10.3. The Morgan fingerprint density at radius 2 is 1.76 bits per heavy atom. The van der Waals surface area contributed by atoms with Crippen LogP contribution in [0.25, 0.3) is 0 Å². The van der Waals surface area contributed by atoms with Crippen molar-refractivity contribution in [1.82, 2.24) is 0 Å². The molecule has 0 radical (unpaired) electrons. The van der Waals surface area contributed by atoms with Gasteiger partial charge in [0, 0.05) is 12.0 Å². The van der Waals surface area contributed by atoms with E-state index in [0.29, 0.717) is 25.2 Å². The van der Waals surface area contributed by atoms with E-state index in [-0.39, 0.29) is 12.4 Å². The molecule has 2 rings (SSSR count). The number of aliphatic hydroxyl groups is 1. The average Bonchev–Trinajstić information content (AvgIpc) is 2.48. The molecule has 3 heteroatoms. The number of halogens is 1. The van der Waals surface area contributed by atoms with Gasteiger partial charge in [-0.05, 0) is 29.3 Å². The third kappa shape index (κ3) is 5.39. The molecule has 108 valence electrons. The average molecular weight is 284 g/mol. The maximum atomic E-state index is 13.5. The number of aliphatic hydroxyl groups excluding tert-OH is 1. The summed E-state index contributed by atoms with van der Waals surface area (Å²) < 4.78 is 19.1. The van der Waals surface area contributed by atoms with Crippen molar-refractivity contribution in [2.45, 2.75) is 19.6 Å². The maximum Gasteiger partial charge on any atom is 0.124 e. The van der Waals surface area contributed by atoms with E-state index in [1.807, 2.05) is 30.3 Å². The molecule has 21 heavy (non-hydrogen) atoms. The second kappa shape index (κ2) is 8.21. The van der Waals surface area contributed by atoms with Crippen molar-refractivity contribution in [2.75, 3.05) is 6.61 Å². The van der Waals surface area contributed by atoms with Gasteiger partial charge in [0.15, 0.2) is 0 Å². The minimum absolute atomic E-state index is 0.00929. The van der Waals surface area contributed by atoms with Gasteiger partial charge in [-0.2, -0.15) is 0 Å². The zero-order chi connectivity index (χ0) is 14.9. The Bertz CT molecular complexity index is 627. The van der Waals surface area contributed by atoms with Gasteiger partial charge in [-0.3, -0.25) is 0 Å². The van der Waals surface area contributed by atoms with E-state index in [2.05, 4.69) is 11.8 Å². The topological polar surface area (TPSA) is 29.5 Å². The Morgan fingerprint density at radius 1 is 1.00 bits per heavy atom. The summed E-state index contributed by atoms with van der Waals surface area (Å²) in [5.41, 5.74) is 2.43. The smallest absolute Gasteiger partial charge is 0.124 e. The fourth-order valence-electron chi connectivity index (χ4n) is 1.89. The van der Waals surface area contributed by atoms with E-state index >= 15 is 0 Å². The minimum atomic E-state index is -0.330. The van der Waals surface area contributed by atoms with E-state index in [1.165, 1.54) is 12.1 Å². The van der Waals surface area contributed by atoms with E-state index < -0.39 is 0 Å². The largest absolute Gasteiger partial charge is 0.395 e. The first-order valence-corrected chi connectivity index (χ1v) is 6.79. The van der Waals surface area contributed by atoms with Gasteiger partial charge < -0.3 is 9.84 Å². The molecule has 0 spiro atoms. The van der Waals surface area contributed by atoms with Crippen LogP contribution in [0.5, 0.6) is 0 Å². The summed E-state index contributed by atoms with van der Waals surface area (Å²) in [4.78, 5) is 0. The fraction of sp³-hybridized carbons (Fsp3) is 0.222. The van der Waals surface area contributed by atoms with Gasteiger partial charge in [-0.1, -0.05) is 42.2 Å². The lowest BCUT2D eigenvalue weighted by molar-refractivity contribution is 0.107. The predicted octanol–water partition coefficient (Wildman–Crippen LogP) is 3.28. The molecular formula is C18H17FO2. The molecule has 0 aliphatic heterocycles. The van der Waals surface area contributed by atoms with Gasteiger partial charge in [0.25, 0.3) is 0 Å². The van der Waals surface area contributed by atoms with Crippen molar-refractivity contribution in [3.05, 3.63) is 71.0 Å². The van der Waals surface area contributed by atoms with Crippen LogP contribution in [0.1, 0.15) is 23.1 Å². The van der Waals surface area contributed by atoms with Crippen molar-refractivity contribution in [3.8, 4) is 11.8 Å². The molecule has 0 aromatic heterocycles. The summed E-state index contributed by atoms with van der Waals surface area (Å²) in [6, 6.07) is 14.5. The first-order valence-electron chi connectivity index (χ1n) is 6.79. The summed E-state index contributed by atoms with van der Waals surface area (Å²) in [5.74, 6) is 5.28. The summed E-state index contributed by atoms with van der Waals surface area (Å²) in [5, 5.41) is 8.68. The SMILES string of the molecule is OCCC#Cc1cc(F)cc(COCc2ccccc2)c1. The molecule has 0 atom stereocenters. The van der Waals surface area contributed by atoms with E-state index in [9.17, 15) is 4.39 Å². The lowest BCUT2D eigenvalue weighted by atomic mass is 10.1. The summed E-state index contributed by atoms with van der Waals surface area (Å²) in [7, 11) is 0. The normalized spacial score (nSPS) is 10.0. The highest BCUT2D eigenvalue weighted by Crippen LogP contribution is 2.11. The molecule has 0 aliphatic rings. The molecule has 0 fully saturated rings. The second-order valence-corrected chi connectivity index (χ2v) is 4.60. The number of rotatable bonds is 5. The Hall–Kier alpha value is -2.15. The maximum absolute atomic E-state index is 13.5. The van der Waals surface area contributed by atoms with Gasteiger partial charge in [0.2, 0.25) is 0 Å². The van der Waals surface area contributed by atoms with Crippen LogP contribution >= 0.6 is 0 Å². The molecule has 0 unspecified atom stereocenters. The molecule has 2 aromatic rings. The zero-order valence-corrected chi connectivity index (χ0v) is 11.7. The molecule has 0 aliphatic carbocycles. The Balaban J connectivity index is 1.95. The van der Waals surface area contributed by atoms with Crippen LogP contribution in [0, 0.1) is 17.7 Å². The van der Waals surface area contributed by atoms with Crippen LogP contribution in [-0.2, 0) is 18.0 Å². The van der Waals surface area contributed by atoms with Gasteiger partial charge in [-0.15, -0.1) is 0 Å². The van der Waals surface area contributed by atoms with E-state index in [0.717, 1.165) is 11.1 Å². The van der Waals surface area contributed by atoms with Gasteiger partial charge in [-0.25, -0.2) is 4.39 Å². The number of benzene rings is 2. The number of hydrogen-bond donors (Lipinski definition) is 1. The van der Waals surface area contributed by atoms with Gasteiger partial charge in [0.1, 0.15) is 5.82 Å². The zero-order valence-electron chi connectivity index (χ0n) is 11.7. The summed E-state index contributed by atoms with van der Waals surface area (Å²) in [6.07, 6.45) is 0.385. The minimum Gasteiger partial charge on any atom is -0.395 e. The standard InChI is InChI=1S/C18H17FO2/c19-18-11-16(8-4-5-9-20)10-17(12-18)14-21-13-15-6-2-1-3-7-15/h1-3,6-7,10-12,20H,5,9,13-14H2. The molecular weight excluding hydrogens is 267 g/mol. The molecule has 2 aromatic carbocycles. The highest BCUT2D eigenvalue weighted by molar-refractivity contribution is 5.37. The van der Waals surface area contributed by atoms with Gasteiger partial charge in [0.05, 0.1) is 19.8 Å². The lowest BCUT2D eigenvalue weighted by Crippen LogP contribution is -1.95. The van der Waals surface area contributed by atoms with E-state index in [4.69, 9.17) is 9.84 Å². The van der Waals surface area contributed by atoms with Gasteiger partial charge >= 0.3 is 0 Å². The third-order valence-electron chi connectivity index (χ3n) is 2.81. The van der Waals surface area contributed by atoms with Crippen molar-refractivity contribution >= 4 is 0 Å². The lowest BCUT2D eigenvalue weighted by Gasteiger charge is -2.05.